The van der Waals surface area contributed by atoms with Crippen LogP contribution in [0.2, 0.25) is 0 Å². The van der Waals surface area contributed by atoms with E-state index in [0.29, 0.717) is 12.3 Å². The topological polar surface area (TPSA) is 32.3 Å². The fourth-order valence-corrected chi connectivity index (χ4v) is 2.46. The summed E-state index contributed by atoms with van der Waals surface area (Å²) in [5, 5.41) is 3.28. The highest BCUT2D eigenvalue weighted by Gasteiger charge is 2.17. The summed E-state index contributed by atoms with van der Waals surface area (Å²) in [7, 11) is 0. The van der Waals surface area contributed by atoms with Crippen LogP contribution in [0.4, 0.5) is 0 Å². The van der Waals surface area contributed by atoms with Crippen molar-refractivity contribution >= 4 is 5.91 Å². The normalized spacial score (nSPS) is 22.5. The Morgan fingerprint density at radius 3 is 2.62 bits per heavy atom. The minimum atomic E-state index is 0.343. The van der Waals surface area contributed by atoms with Crippen molar-refractivity contribution in [3.8, 4) is 0 Å². The lowest BCUT2D eigenvalue weighted by molar-refractivity contribution is -0.130. The van der Waals surface area contributed by atoms with Gasteiger partial charge in [-0.1, -0.05) is 24.5 Å². The highest BCUT2D eigenvalue weighted by Crippen LogP contribution is 2.15. The third-order valence-electron chi connectivity index (χ3n) is 3.50. The van der Waals surface area contributed by atoms with Crippen LogP contribution in [0.5, 0.6) is 0 Å². The van der Waals surface area contributed by atoms with Gasteiger partial charge in [0.15, 0.2) is 0 Å². The largest absolute Gasteiger partial charge is 0.342 e. The first-order valence-electron chi connectivity index (χ1n) is 6.52. The Balaban J connectivity index is 1.83. The van der Waals surface area contributed by atoms with Gasteiger partial charge in [-0.05, 0) is 25.8 Å². The maximum absolute atomic E-state index is 12.1. The molecule has 1 amide bonds. The molecule has 0 atom stereocenters. The number of nitrogens with one attached hydrogen (secondary N) is 1. The van der Waals surface area contributed by atoms with Crippen molar-refractivity contribution in [3.63, 3.8) is 0 Å². The van der Waals surface area contributed by atoms with Gasteiger partial charge < -0.3 is 10.2 Å². The molecule has 1 saturated heterocycles. The van der Waals surface area contributed by atoms with Crippen molar-refractivity contribution in [2.45, 2.75) is 38.5 Å². The molecule has 0 radical (unpaired) electrons. The summed E-state index contributed by atoms with van der Waals surface area (Å²) < 4.78 is 0. The fraction of sp³-hybridized carbons (Fsp3) is 0.769. The van der Waals surface area contributed by atoms with E-state index in [0.717, 1.165) is 32.6 Å². The molecule has 0 aliphatic carbocycles. The second-order valence-electron chi connectivity index (χ2n) is 4.79. The van der Waals surface area contributed by atoms with E-state index in [1.807, 2.05) is 0 Å². The number of amides is 1. The van der Waals surface area contributed by atoms with Crippen LogP contribution in [0.15, 0.2) is 11.6 Å². The van der Waals surface area contributed by atoms with Gasteiger partial charge in [0.25, 0.3) is 0 Å². The number of carbonyl (C=O) groups excluding carboxylic acids is 1. The number of nitrogens with zero attached hydrogens (tertiary/aromatic N) is 1. The summed E-state index contributed by atoms with van der Waals surface area (Å²) in [4.78, 5) is 14.1. The van der Waals surface area contributed by atoms with Gasteiger partial charge in [0.2, 0.25) is 5.91 Å². The Labute approximate surface area is 97.9 Å². The number of carbonyl (C=O) groups is 1. The van der Waals surface area contributed by atoms with Crippen LogP contribution in [0.1, 0.15) is 38.5 Å². The van der Waals surface area contributed by atoms with Gasteiger partial charge in [-0.25, -0.2) is 0 Å². The van der Waals surface area contributed by atoms with Crippen LogP contribution in [0.3, 0.4) is 0 Å². The molecule has 0 saturated carbocycles. The Kier molecular flexibility index (Phi) is 4.40. The van der Waals surface area contributed by atoms with Gasteiger partial charge in [-0.2, -0.15) is 0 Å². The lowest BCUT2D eigenvalue weighted by Gasteiger charge is -2.22. The van der Waals surface area contributed by atoms with Crippen LogP contribution >= 0.6 is 0 Å². The number of hydrogen-bond acceptors (Lipinski definition) is 2. The van der Waals surface area contributed by atoms with Crippen molar-refractivity contribution in [2.24, 2.45) is 0 Å². The lowest BCUT2D eigenvalue weighted by atomic mass is 10.1. The summed E-state index contributed by atoms with van der Waals surface area (Å²) in [5.41, 5.74) is 1.33. The van der Waals surface area contributed by atoms with Gasteiger partial charge in [0, 0.05) is 26.1 Å². The fourth-order valence-electron chi connectivity index (χ4n) is 2.46. The van der Waals surface area contributed by atoms with E-state index in [9.17, 15) is 4.79 Å². The molecule has 0 spiro atoms. The van der Waals surface area contributed by atoms with Crippen molar-refractivity contribution in [1.29, 1.82) is 0 Å². The quantitative estimate of drug-likeness (QED) is 0.721. The summed E-state index contributed by atoms with van der Waals surface area (Å²) in [6, 6.07) is 0. The summed E-state index contributed by atoms with van der Waals surface area (Å²) in [6.07, 6.45) is 8.83. The molecule has 3 nitrogen and oxygen atoms in total. The van der Waals surface area contributed by atoms with Crippen molar-refractivity contribution in [1.82, 2.24) is 10.2 Å². The predicted molar refractivity (Wildman–Crippen MR) is 65.2 cm³/mol. The van der Waals surface area contributed by atoms with E-state index in [1.165, 1.54) is 31.3 Å². The molecule has 1 fully saturated rings. The molecule has 0 unspecified atom stereocenters. The molecule has 16 heavy (non-hydrogen) atoms. The molecule has 1 N–H and O–H groups in total. The molecular weight excluding hydrogens is 200 g/mol. The third kappa shape index (κ3) is 3.34. The highest BCUT2D eigenvalue weighted by molar-refractivity contribution is 5.78. The molecule has 90 valence electrons. The first-order valence-corrected chi connectivity index (χ1v) is 6.52. The minimum Gasteiger partial charge on any atom is -0.342 e. The summed E-state index contributed by atoms with van der Waals surface area (Å²) in [5.74, 6) is 0.343. The number of hydrogen-bond donors (Lipinski definition) is 1. The van der Waals surface area contributed by atoms with Crippen molar-refractivity contribution in [2.75, 3.05) is 26.2 Å². The van der Waals surface area contributed by atoms with E-state index in [1.54, 1.807) is 0 Å². The Morgan fingerprint density at radius 1 is 1.25 bits per heavy atom. The van der Waals surface area contributed by atoms with E-state index >= 15 is 0 Å². The molecule has 0 aromatic heterocycles. The van der Waals surface area contributed by atoms with Gasteiger partial charge in [-0.3, -0.25) is 4.79 Å². The SMILES string of the molecule is O=C(CC1=CCNCC1)N1CCCCCC1. The third-order valence-corrected chi connectivity index (χ3v) is 3.50. The van der Waals surface area contributed by atoms with Crippen molar-refractivity contribution in [3.05, 3.63) is 11.6 Å². The molecule has 0 aromatic carbocycles. The average molecular weight is 222 g/mol. The summed E-state index contributed by atoms with van der Waals surface area (Å²) in [6.45, 7) is 3.91. The minimum absolute atomic E-state index is 0.343. The molecule has 3 heteroatoms. The molecule has 2 aliphatic rings. The average Bonchev–Trinajstić information content (AvgIpc) is 2.59. The maximum atomic E-state index is 12.1. The monoisotopic (exact) mass is 222 g/mol. The van der Waals surface area contributed by atoms with Crippen LogP contribution in [-0.4, -0.2) is 37.0 Å². The zero-order chi connectivity index (χ0) is 11.2. The molecule has 2 aliphatic heterocycles. The first-order chi connectivity index (χ1) is 7.86. The van der Waals surface area contributed by atoms with E-state index in [-0.39, 0.29) is 0 Å². The van der Waals surface area contributed by atoms with Gasteiger partial charge >= 0.3 is 0 Å². The maximum Gasteiger partial charge on any atom is 0.226 e. The van der Waals surface area contributed by atoms with Gasteiger partial charge in [0.05, 0.1) is 0 Å². The highest BCUT2D eigenvalue weighted by atomic mass is 16.2. The first kappa shape index (κ1) is 11.6. The zero-order valence-corrected chi connectivity index (χ0v) is 10.0. The molecule has 2 rings (SSSR count). The van der Waals surface area contributed by atoms with E-state index in [2.05, 4.69) is 16.3 Å². The predicted octanol–water partition coefficient (Wildman–Crippen LogP) is 1.70. The van der Waals surface area contributed by atoms with Crippen molar-refractivity contribution < 1.29 is 4.79 Å². The molecule has 0 bridgehead atoms. The number of likely N-dealkylation sites (tertiary alicyclic amines) is 1. The van der Waals surface area contributed by atoms with Crippen LogP contribution in [0.25, 0.3) is 0 Å². The smallest absolute Gasteiger partial charge is 0.226 e. The van der Waals surface area contributed by atoms with Crippen LogP contribution < -0.4 is 5.32 Å². The van der Waals surface area contributed by atoms with Crippen LogP contribution in [-0.2, 0) is 4.79 Å². The second-order valence-corrected chi connectivity index (χ2v) is 4.79. The van der Waals surface area contributed by atoms with E-state index in [4.69, 9.17) is 0 Å². The molecular formula is C13H22N2O. The van der Waals surface area contributed by atoms with Crippen LogP contribution in [0, 0.1) is 0 Å². The lowest BCUT2D eigenvalue weighted by Crippen LogP contribution is -2.32. The van der Waals surface area contributed by atoms with Gasteiger partial charge in [-0.15, -0.1) is 0 Å². The number of rotatable bonds is 2. The Bertz CT molecular complexity index is 265. The summed E-state index contributed by atoms with van der Waals surface area (Å²) >= 11 is 0. The van der Waals surface area contributed by atoms with E-state index < -0.39 is 0 Å². The molecule has 2 heterocycles. The Hall–Kier alpha value is -0.830. The second kappa shape index (κ2) is 6.04. The standard InChI is InChI=1S/C13H22N2O/c16-13(11-12-5-7-14-8-6-12)15-9-3-1-2-4-10-15/h5,14H,1-4,6-11H2. The molecule has 0 aromatic rings. The zero-order valence-electron chi connectivity index (χ0n) is 10.0. The Morgan fingerprint density at radius 2 is 2.00 bits per heavy atom. The van der Waals surface area contributed by atoms with Gasteiger partial charge in [0.1, 0.15) is 0 Å².